The van der Waals surface area contributed by atoms with Gasteiger partial charge in [0.2, 0.25) is 5.91 Å². The van der Waals surface area contributed by atoms with Crippen LogP contribution in [0.25, 0.3) is 0 Å². The van der Waals surface area contributed by atoms with Gasteiger partial charge in [-0.25, -0.2) is 9.18 Å². The lowest BCUT2D eigenvalue weighted by Crippen LogP contribution is -2.48. The second-order valence-electron chi connectivity index (χ2n) is 7.29. The summed E-state index contributed by atoms with van der Waals surface area (Å²) in [5, 5.41) is 2.77. The first kappa shape index (κ1) is 25.3. The highest BCUT2D eigenvalue weighted by Crippen LogP contribution is 2.32. The van der Waals surface area contributed by atoms with Gasteiger partial charge in [0, 0.05) is 29.9 Å². The topological polar surface area (TPSA) is 52.7 Å². The number of terminal acetylenes is 1. The number of urea groups is 1. The molecule has 1 N–H and O–H groups in total. The molecule has 0 spiro atoms. The number of hydrogen-bond donors (Lipinski definition) is 1. The monoisotopic (exact) mass is 471 g/mol. The molecular weight excluding hydrogens is 450 g/mol. The highest BCUT2D eigenvalue weighted by Gasteiger charge is 2.36. The van der Waals surface area contributed by atoms with Gasteiger partial charge in [-0.15, -0.1) is 6.42 Å². The minimum atomic E-state index is -4.77. The number of likely N-dealkylation sites (tertiary alicyclic amines) is 1. The molecule has 1 saturated heterocycles. The molecule has 1 aromatic rings. The number of nitrogens with one attached hydrogen (secondary N) is 1. The molecule has 1 unspecified atom stereocenters. The van der Waals surface area contributed by atoms with Crippen LogP contribution in [0, 0.1) is 18.2 Å². The fraction of sp³-hybridized carbons (Fsp3) is 0.364. The number of hydrogen-bond acceptors (Lipinski definition) is 2. The lowest BCUT2D eigenvalue weighted by Gasteiger charge is -2.28. The Bertz CT molecular complexity index is 978. The number of halogens is 5. The van der Waals surface area contributed by atoms with Crippen molar-refractivity contribution in [2.75, 3.05) is 25.5 Å². The predicted molar refractivity (Wildman–Crippen MR) is 114 cm³/mol. The van der Waals surface area contributed by atoms with Gasteiger partial charge in [0.1, 0.15) is 11.9 Å². The van der Waals surface area contributed by atoms with E-state index in [-0.39, 0.29) is 24.7 Å². The van der Waals surface area contributed by atoms with Crippen molar-refractivity contribution in [1.29, 1.82) is 0 Å². The van der Waals surface area contributed by atoms with Gasteiger partial charge in [-0.2, -0.15) is 13.2 Å². The molecule has 0 radical (unpaired) electrons. The van der Waals surface area contributed by atoms with Crippen molar-refractivity contribution < 1.29 is 27.2 Å². The van der Waals surface area contributed by atoms with Gasteiger partial charge in [0.15, 0.2) is 0 Å². The van der Waals surface area contributed by atoms with Crippen molar-refractivity contribution in [2.45, 2.75) is 32.0 Å². The van der Waals surface area contributed by atoms with Gasteiger partial charge in [-0.3, -0.25) is 4.79 Å². The first-order valence-electron chi connectivity index (χ1n) is 9.62. The van der Waals surface area contributed by atoms with Crippen molar-refractivity contribution in [3.8, 4) is 12.3 Å². The summed E-state index contributed by atoms with van der Waals surface area (Å²) in [5.41, 5.74) is -1.08. The summed E-state index contributed by atoms with van der Waals surface area (Å²) in [7, 11) is 1.53. The number of allylic oxidation sites excluding steroid dienone is 3. The van der Waals surface area contributed by atoms with Crippen LogP contribution >= 0.6 is 11.6 Å². The van der Waals surface area contributed by atoms with Gasteiger partial charge in [0.05, 0.1) is 12.1 Å². The zero-order valence-electron chi connectivity index (χ0n) is 17.5. The maximum Gasteiger partial charge on any atom is 0.416 e. The highest BCUT2D eigenvalue weighted by molar-refractivity contribution is 6.29. The molecule has 32 heavy (non-hydrogen) atoms. The van der Waals surface area contributed by atoms with E-state index in [0.717, 1.165) is 6.07 Å². The van der Waals surface area contributed by atoms with Crippen molar-refractivity contribution >= 4 is 29.2 Å². The van der Waals surface area contributed by atoms with Crippen molar-refractivity contribution in [3.63, 3.8) is 0 Å². The van der Waals surface area contributed by atoms with Crippen molar-refractivity contribution in [1.82, 2.24) is 9.80 Å². The number of likely N-dealkylation sites (N-methyl/N-ethyl adjacent to an activating group) is 1. The van der Waals surface area contributed by atoms with Crippen molar-refractivity contribution in [2.24, 2.45) is 0 Å². The van der Waals surface area contributed by atoms with Crippen LogP contribution < -0.4 is 5.32 Å². The molecule has 1 aliphatic heterocycles. The Hall–Kier alpha value is -2.99. The third-order valence-corrected chi connectivity index (χ3v) is 4.88. The highest BCUT2D eigenvalue weighted by atomic mass is 35.5. The third-order valence-electron chi connectivity index (χ3n) is 4.76. The smallest absolute Gasteiger partial charge is 0.339 e. The summed E-state index contributed by atoms with van der Waals surface area (Å²) in [4.78, 5) is 28.1. The average molecular weight is 472 g/mol. The SMILES string of the molecule is C#C/C(=C\C=C(/C)Cl)CN(C)C(=O)C1CCCN1C(=O)Nc1cc(F)cc(C(F)(F)F)c1. The average Bonchev–Trinajstić information content (AvgIpc) is 3.19. The van der Waals surface area contributed by atoms with E-state index >= 15 is 0 Å². The molecule has 1 fully saturated rings. The number of anilines is 1. The Morgan fingerprint density at radius 1 is 1.34 bits per heavy atom. The summed E-state index contributed by atoms with van der Waals surface area (Å²) in [6.07, 6.45) is 4.80. The molecule has 1 heterocycles. The first-order chi connectivity index (χ1) is 14.9. The van der Waals surface area contributed by atoms with E-state index < -0.39 is 29.6 Å². The standard InChI is InChI=1S/C22H22ClF4N3O2/c1-4-15(8-7-14(2)23)13-29(3)20(31)19-6-5-9-30(19)21(32)28-18-11-16(22(25,26)27)10-17(24)12-18/h1,7-8,10-12,19H,5-6,9,13H2,2-3H3,(H,28,32)/b14-7+,15-8+. The van der Waals surface area contributed by atoms with Crippen molar-refractivity contribution in [3.05, 3.63) is 52.3 Å². The number of amides is 3. The number of alkyl halides is 3. The Morgan fingerprint density at radius 3 is 2.62 bits per heavy atom. The molecule has 0 aromatic heterocycles. The molecular formula is C22H22ClF4N3O2. The zero-order chi connectivity index (χ0) is 24.1. The van der Waals surface area contributed by atoms with Crippen LogP contribution in [0.1, 0.15) is 25.3 Å². The number of carbonyl (C=O) groups excluding carboxylic acids is 2. The van der Waals surface area contributed by atoms with Crippen LogP contribution in [0.2, 0.25) is 0 Å². The van der Waals surface area contributed by atoms with E-state index in [2.05, 4.69) is 11.2 Å². The minimum absolute atomic E-state index is 0.112. The Kier molecular flexibility index (Phi) is 8.33. The van der Waals surface area contributed by atoms with Crippen LogP contribution in [0.15, 0.2) is 41.0 Å². The Labute approximate surface area is 188 Å². The van der Waals surface area contributed by atoms with Crippen LogP contribution in [-0.4, -0.2) is 47.9 Å². The Morgan fingerprint density at radius 2 is 2.03 bits per heavy atom. The quantitative estimate of drug-likeness (QED) is 0.373. The van der Waals surface area contributed by atoms with Gasteiger partial charge < -0.3 is 15.1 Å². The fourth-order valence-electron chi connectivity index (χ4n) is 3.24. The second-order valence-corrected chi connectivity index (χ2v) is 7.89. The molecule has 1 atom stereocenters. The van der Waals surface area contributed by atoms with E-state index in [9.17, 15) is 27.2 Å². The molecule has 2 rings (SSSR count). The Balaban J connectivity index is 2.13. The molecule has 1 aromatic carbocycles. The molecule has 3 amide bonds. The van der Waals surface area contributed by atoms with Crippen LogP contribution in [-0.2, 0) is 11.0 Å². The van der Waals surface area contributed by atoms with Crippen LogP contribution in [0.3, 0.4) is 0 Å². The first-order valence-corrected chi connectivity index (χ1v) is 10.00. The lowest BCUT2D eigenvalue weighted by molar-refractivity contribution is -0.137. The maximum atomic E-state index is 13.6. The van der Waals surface area contributed by atoms with Gasteiger partial charge in [-0.1, -0.05) is 17.5 Å². The lowest BCUT2D eigenvalue weighted by atomic mass is 10.1. The summed E-state index contributed by atoms with van der Waals surface area (Å²) < 4.78 is 52.3. The second kappa shape index (κ2) is 10.6. The van der Waals surface area contributed by atoms with Crippen LogP contribution in [0.5, 0.6) is 0 Å². The molecule has 0 bridgehead atoms. The summed E-state index contributed by atoms with van der Waals surface area (Å²) in [6, 6.07) is 0.143. The fourth-order valence-corrected chi connectivity index (χ4v) is 3.30. The summed E-state index contributed by atoms with van der Waals surface area (Å²) in [5.74, 6) is 0.952. The predicted octanol–water partition coefficient (Wildman–Crippen LogP) is 5.00. The molecule has 172 valence electrons. The van der Waals surface area contributed by atoms with E-state index in [4.69, 9.17) is 18.0 Å². The van der Waals surface area contributed by atoms with Gasteiger partial charge in [-0.05, 0) is 50.1 Å². The number of nitrogens with zero attached hydrogens (tertiary/aromatic N) is 2. The zero-order valence-corrected chi connectivity index (χ0v) is 18.2. The molecule has 1 aliphatic rings. The van der Waals surface area contributed by atoms with Crippen LogP contribution in [0.4, 0.5) is 28.0 Å². The molecule has 5 nitrogen and oxygen atoms in total. The molecule has 10 heteroatoms. The number of rotatable bonds is 5. The van der Waals surface area contributed by atoms with E-state index in [0.29, 0.717) is 35.6 Å². The summed E-state index contributed by atoms with van der Waals surface area (Å²) in [6.45, 7) is 2.01. The molecule has 0 saturated carbocycles. The van der Waals surface area contributed by atoms with E-state index in [1.807, 2.05) is 0 Å². The minimum Gasteiger partial charge on any atom is -0.339 e. The van der Waals surface area contributed by atoms with E-state index in [1.165, 1.54) is 16.8 Å². The third kappa shape index (κ3) is 6.76. The summed E-state index contributed by atoms with van der Waals surface area (Å²) >= 11 is 5.78. The normalized spacial score (nSPS) is 17.2. The maximum absolute atomic E-state index is 13.6. The number of carbonyl (C=O) groups is 2. The number of benzene rings is 1. The van der Waals surface area contributed by atoms with Gasteiger partial charge >= 0.3 is 12.2 Å². The molecule has 0 aliphatic carbocycles. The largest absolute Gasteiger partial charge is 0.416 e. The van der Waals surface area contributed by atoms with Gasteiger partial charge in [0.25, 0.3) is 0 Å². The van der Waals surface area contributed by atoms with E-state index in [1.54, 1.807) is 19.1 Å².